The minimum atomic E-state index is -1.83. The van der Waals surface area contributed by atoms with Gasteiger partial charge in [-0.1, -0.05) is 64.2 Å². The molecule has 100 valence electrons. The van der Waals surface area contributed by atoms with E-state index in [2.05, 4.69) is 33.9 Å². The summed E-state index contributed by atoms with van der Waals surface area (Å²) in [4.78, 5) is 12.2. The molecule has 0 aliphatic carbocycles. The number of hydrogen-bond donors (Lipinski definition) is 0. The summed E-state index contributed by atoms with van der Waals surface area (Å²) in [6.45, 7) is 11.2. The molecule has 3 heteroatoms. The average Bonchev–Trinajstić information content (AvgIpc) is 2.28. The standard InChI is InChI=1S/C15H24O2Si/c1-15(2,3)18(5,6)13(14(16)17-4)12-10-8-7-9-11-12/h7-11,13H,1-6H3. The lowest BCUT2D eigenvalue weighted by atomic mass is 10.1. The third kappa shape index (κ3) is 2.83. The molecule has 18 heavy (non-hydrogen) atoms. The molecule has 0 saturated carbocycles. The SMILES string of the molecule is COC(=O)C(c1ccccc1)[Si](C)(C)C(C)(C)C. The van der Waals surface area contributed by atoms with Gasteiger partial charge in [0.2, 0.25) is 0 Å². The highest BCUT2D eigenvalue weighted by molar-refractivity contribution is 6.84. The first kappa shape index (κ1) is 15.0. The van der Waals surface area contributed by atoms with E-state index in [-0.39, 0.29) is 16.5 Å². The Morgan fingerprint density at radius 2 is 1.67 bits per heavy atom. The van der Waals surface area contributed by atoms with E-state index in [9.17, 15) is 4.79 Å². The summed E-state index contributed by atoms with van der Waals surface area (Å²) in [6, 6.07) is 10.0. The van der Waals surface area contributed by atoms with Crippen molar-refractivity contribution in [2.45, 2.75) is 44.4 Å². The Morgan fingerprint density at radius 3 is 2.06 bits per heavy atom. The molecule has 0 heterocycles. The molecule has 1 aromatic rings. The van der Waals surface area contributed by atoms with Gasteiger partial charge in [0.1, 0.15) is 0 Å². The second kappa shape index (κ2) is 5.27. The lowest BCUT2D eigenvalue weighted by molar-refractivity contribution is -0.140. The molecule has 1 unspecified atom stereocenters. The third-order valence-corrected chi connectivity index (χ3v) is 10.1. The van der Waals surface area contributed by atoms with Crippen LogP contribution in [0, 0.1) is 0 Å². The lowest BCUT2D eigenvalue weighted by Crippen LogP contribution is -2.47. The van der Waals surface area contributed by atoms with Gasteiger partial charge in [-0.15, -0.1) is 0 Å². The van der Waals surface area contributed by atoms with E-state index in [1.54, 1.807) is 0 Å². The molecule has 0 aromatic heterocycles. The normalized spacial score (nSPS) is 14.1. The molecule has 0 bridgehead atoms. The van der Waals surface area contributed by atoms with Crippen LogP contribution in [0.15, 0.2) is 30.3 Å². The molecular weight excluding hydrogens is 240 g/mol. The Labute approximate surface area is 111 Å². The second-order valence-electron chi connectivity index (χ2n) is 6.34. The summed E-state index contributed by atoms with van der Waals surface area (Å²) in [5.41, 5.74) is 0.972. The van der Waals surface area contributed by atoms with E-state index in [0.717, 1.165) is 5.56 Å². The van der Waals surface area contributed by atoms with Gasteiger partial charge >= 0.3 is 5.97 Å². The van der Waals surface area contributed by atoms with Gasteiger partial charge < -0.3 is 4.74 Å². The largest absolute Gasteiger partial charge is 0.469 e. The fraction of sp³-hybridized carbons (Fsp3) is 0.533. The van der Waals surface area contributed by atoms with Crippen LogP contribution in [0.2, 0.25) is 18.1 Å². The van der Waals surface area contributed by atoms with E-state index >= 15 is 0 Å². The van der Waals surface area contributed by atoms with Crippen molar-refractivity contribution in [3.63, 3.8) is 0 Å². The number of esters is 1. The molecule has 0 spiro atoms. The summed E-state index contributed by atoms with van der Waals surface area (Å²) >= 11 is 0. The Kier molecular flexibility index (Phi) is 4.38. The highest BCUT2D eigenvalue weighted by Crippen LogP contribution is 2.45. The van der Waals surface area contributed by atoms with Crippen LogP contribution in [0.3, 0.4) is 0 Å². The zero-order valence-corrected chi connectivity index (χ0v) is 13.3. The first-order valence-corrected chi connectivity index (χ1v) is 9.42. The molecule has 0 radical (unpaired) electrons. The molecule has 0 aliphatic rings. The van der Waals surface area contributed by atoms with Crippen molar-refractivity contribution in [2.24, 2.45) is 0 Å². The van der Waals surface area contributed by atoms with Crippen LogP contribution in [0.4, 0.5) is 0 Å². The summed E-state index contributed by atoms with van der Waals surface area (Å²) in [5, 5.41) is 0.141. The molecule has 1 atom stereocenters. The van der Waals surface area contributed by atoms with Crippen LogP contribution in [0.1, 0.15) is 31.9 Å². The second-order valence-corrected chi connectivity index (χ2v) is 11.9. The number of carbonyl (C=O) groups excluding carboxylic acids is 1. The lowest BCUT2D eigenvalue weighted by Gasteiger charge is -2.42. The van der Waals surface area contributed by atoms with Gasteiger partial charge in [0.25, 0.3) is 0 Å². The van der Waals surface area contributed by atoms with Crippen molar-refractivity contribution >= 4 is 14.0 Å². The molecule has 0 amide bonds. The van der Waals surface area contributed by atoms with E-state index in [1.807, 2.05) is 30.3 Å². The topological polar surface area (TPSA) is 26.3 Å². The minimum absolute atomic E-state index is 0.104. The monoisotopic (exact) mass is 264 g/mol. The number of hydrogen-bond acceptors (Lipinski definition) is 2. The van der Waals surface area contributed by atoms with Crippen molar-refractivity contribution < 1.29 is 9.53 Å². The van der Waals surface area contributed by atoms with Gasteiger partial charge in [0, 0.05) is 0 Å². The van der Waals surface area contributed by atoms with Crippen LogP contribution < -0.4 is 0 Å². The van der Waals surface area contributed by atoms with Crippen LogP contribution in [-0.2, 0) is 9.53 Å². The van der Waals surface area contributed by atoms with Crippen LogP contribution in [0.5, 0.6) is 0 Å². The van der Waals surface area contributed by atoms with E-state index < -0.39 is 8.07 Å². The van der Waals surface area contributed by atoms with Crippen molar-refractivity contribution in [3.05, 3.63) is 35.9 Å². The molecule has 0 aliphatic heterocycles. The molecule has 0 saturated heterocycles. The molecule has 0 N–H and O–H groups in total. The number of ether oxygens (including phenoxy) is 1. The maximum absolute atomic E-state index is 12.2. The molecule has 1 rings (SSSR count). The number of rotatable bonds is 3. The van der Waals surface area contributed by atoms with Crippen molar-refractivity contribution in [2.75, 3.05) is 7.11 Å². The van der Waals surface area contributed by atoms with Gasteiger partial charge in [-0.3, -0.25) is 4.79 Å². The van der Waals surface area contributed by atoms with Gasteiger partial charge in [-0.2, -0.15) is 0 Å². The van der Waals surface area contributed by atoms with Gasteiger partial charge in [-0.05, 0) is 10.6 Å². The Morgan fingerprint density at radius 1 is 1.17 bits per heavy atom. The third-order valence-electron chi connectivity index (χ3n) is 4.22. The summed E-state index contributed by atoms with van der Waals surface area (Å²) in [6.07, 6.45) is 0. The average molecular weight is 264 g/mol. The first-order chi connectivity index (χ1) is 8.21. The van der Waals surface area contributed by atoms with E-state index in [0.29, 0.717) is 0 Å². The maximum atomic E-state index is 12.2. The molecule has 0 fully saturated rings. The predicted octanol–water partition coefficient (Wildman–Crippen LogP) is 3.99. The highest BCUT2D eigenvalue weighted by atomic mass is 28.3. The quantitative estimate of drug-likeness (QED) is 0.609. The summed E-state index contributed by atoms with van der Waals surface area (Å²) < 4.78 is 5.04. The summed E-state index contributed by atoms with van der Waals surface area (Å²) in [5.74, 6) is -0.104. The fourth-order valence-corrected chi connectivity index (χ4v) is 4.64. The van der Waals surface area contributed by atoms with Gasteiger partial charge in [0.05, 0.1) is 20.7 Å². The molecular formula is C15H24O2Si. The minimum Gasteiger partial charge on any atom is -0.469 e. The number of benzene rings is 1. The van der Waals surface area contributed by atoms with Gasteiger partial charge in [0.15, 0.2) is 0 Å². The zero-order chi connectivity index (χ0) is 14.0. The van der Waals surface area contributed by atoms with Crippen LogP contribution in [-0.4, -0.2) is 21.2 Å². The number of methoxy groups -OCH3 is 1. The van der Waals surface area contributed by atoms with E-state index in [1.165, 1.54) is 7.11 Å². The zero-order valence-electron chi connectivity index (χ0n) is 12.3. The Bertz CT molecular complexity index is 404. The molecule has 2 nitrogen and oxygen atoms in total. The van der Waals surface area contributed by atoms with Crippen molar-refractivity contribution in [3.8, 4) is 0 Å². The molecule has 1 aromatic carbocycles. The van der Waals surface area contributed by atoms with Gasteiger partial charge in [-0.25, -0.2) is 0 Å². The predicted molar refractivity (Wildman–Crippen MR) is 78.4 cm³/mol. The van der Waals surface area contributed by atoms with Crippen molar-refractivity contribution in [1.29, 1.82) is 0 Å². The highest BCUT2D eigenvalue weighted by Gasteiger charge is 2.46. The maximum Gasteiger partial charge on any atom is 0.310 e. The van der Waals surface area contributed by atoms with Crippen molar-refractivity contribution in [1.82, 2.24) is 0 Å². The first-order valence-electron chi connectivity index (χ1n) is 6.34. The fourth-order valence-electron chi connectivity index (χ4n) is 2.04. The smallest absolute Gasteiger partial charge is 0.310 e. The Balaban J connectivity index is 3.28. The Hall–Kier alpha value is -1.09. The number of carbonyl (C=O) groups is 1. The van der Waals surface area contributed by atoms with Crippen LogP contribution >= 0.6 is 0 Å². The van der Waals surface area contributed by atoms with E-state index in [4.69, 9.17) is 4.74 Å². The summed E-state index contributed by atoms with van der Waals surface area (Å²) in [7, 11) is -0.356. The van der Waals surface area contributed by atoms with Crippen LogP contribution in [0.25, 0.3) is 0 Å².